The van der Waals surface area contributed by atoms with Crippen molar-refractivity contribution in [3.63, 3.8) is 0 Å². The van der Waals surface area contributed by atoms with E-state index in [4.69, 9.17) is 5.73 Å². The fourth-order valence-corrected chi connectivity index (χ4v) is 2.65. The predicted octanol–water partition coefficient (Wildman–Crippen LogP) is 1.43. The van der Waals surface area contributed by atoms with Gasteiger partial charge < -0.3 is 10.3 Å². The lowest BCUT2D eigenvalue weighted by Gasteiger charge is -2.03. The van der Waals surface area contributed by atoms with Crippen LogP contribution in [-0.2, 0) is 20.0 Å². The van der Waals surface area contributed by atoms with E-state index in [0.29, 0.717) is 6.54 Å². The molecule has 0 aliphatic heterocycles. The van der Waals surface area contributed by atoms with Gasteiger partial charge in [-0.15, -0.1) is 22.6 Å². The van der Waals surface area contributed by atoms with E-state index in [0.717, 1.165) is 36.1 Å². The van der Waals surface area contributed by atoms with Crippen molar-refractivity contribution < 1.29 is 0 Å². The number of nitrogens with zero attached hydrogens (tertiary/aromatic N) is 5. The highest BCUT2D eigenvalue weighted by atomic mass is 35.5. The van der Waals surface area contributed by atoms with Gasteiger partial charge in [0.2, 0.25) is 0 Å². The molecular weight excluding hydrogens is 296 g/mol. The van der Waals surface area contributed by atoms with Gasteiger partial charge in [0.1, 0.15) is 5.82 Å². The summed E-state index contributed by atoms with van der Waals surface area (Å²) in [6.07, 6.45) is 5.78. The molecule has 0 amide bonds. The van der Waals surface area contributed by atoms with Crippen LogP contribution in [-0.4, -0.2) is 36.8 Å². The first kappa shape index (κ1) is 17.0. The van der Waals surface area contributed by atoms with Crippen molar-refractivity contribution in [2.75, 3.05) is 12.3 Å². The summed E-state index contributed by atoms with van der Waals surface area (Å²) in [6.45, 7) is 3.60. The van der Waals surface area contributed by atoms with Crippen LogP contribution in [0.3, 0.4) is 0 Å². The van der Waals surface area contributed by atoms with Gasteiger partial charge in [0.25, 0.3) is 0 Å². The number of hydrogen-bond acceptors (Lipinski definition) is 5. The molecule has 0 saturated heterocycles. The molecule has 0 fully saturated rings. The first-order valence-corrected chi connectivity index (χ1v) is 7.39. The Kier molecular flexibility index (Phi) is 7.04. The third-order valence-electron chi connectivity index (χ3n) is 2.82. The van der Waals surface area contributed by atoms with Gasteiger partial charge in [-0.2, -0.15) is 5.10 Å². The number of aromatic nitrogens is 5. The van der Waals surface area contributed by atoms with E-state index in [-0.39, 0.29) is 12.4 Å². The van der Waals surface area contributed by atoms with Gasteiger partial charge in [-0.05, 0) is 25.5 Å². The van der Waals surface area contributed by atoms with Gasteiger partial charge in [-0.25, -0.2) is 0 Å². The number of halogens is 1. The zero-order chi connectivity index (χ0) is 13.7. The summed E-state index contributed by atoms with van der Waals surface area (Å²) in [6, 6.07) is 0. The minimum absolute atomic E-state index is 0. The maximum Gasteiger partial charge on any atom is 0.190 e. The number of aryl methyl sites for hydroxylation is 2. The van der Waals surface area contributed by atoms with E-state index < -0.39 is 0 Å². The van der Waals surface area contributed by atoms with Crippen molar-refractivity contribution in [1.29, 1.82) is 0 Å². The number of rotatable bonds is 7. The van der Waals surface area contributed by atoms with Crippen molar-refractivity contribution in [1.82, 2.24) is 24.5 Å². The van der Waals surface area contributed by atoms with Crippen LogP contribution in [0.1, 0.15) is 17.8 Å². The molecule has 2 heterocycles. The molecule has 20 heavy (non-hydrogen) atoms. The van der Waals surface area contributed by atoms with E-state index >= 15 is 0 Å². The van der Waals surface area contributed by atoms with Crippen LogP contribution in [0.5, 0.6) is 0 Å². The Hall–Kier alpha value is -1.05. The van der Waals surface area contributed by atoms with Crippen LogP contribution in [0.15, 0.2) is 17.6 Å². The van der Waals surface area contributed by atoms with Crippen LogP contribution < -0.4 is 5.73 Å². The SMILES string of the molecule is Cc1cnn(CCCSc2nnc(CCN)n2C)c1.Cl. The number of thioether (sulfide) groups is 1. The normalized spacial score (nSPS) is 10.6. The molecule has 0 atom stereocenters. The standard InChI is InChI=1S/C12H20N6S.ClH/c1-10-8-14-18(9-10)6-3-7-19-12-16-15-11(4-5-13)17(12)2;/h8-9H,3-7,13H2,1-2H3;1H. The van der Waals surface area contributed by atoms with E-state index in [2.05, 4.69) is 28.4 Å². The predicted molar refractivity (Wildman–Crippen MR) is 83.3 cm³/mol. The molecule has 0 saturated carbocycles. The molecule has 2 N–H and O–H groups in total. The summed E-state index contributed by atoms with van der Waals surface area (Å²) >= 11 is 1.73. The summed E-state index contributed by atoms with van der Waals surface area (Å²) in [5.74, 6) is 1.96. The lowest BCUT2D eigenvalue weighted by Crippen LogP contribution is -2.08. The largest absolute Gasteiger partial charge is 0.330 e. The van der Waals surface area contributed by atoms with Crippen molar-refractivity contribution >= 4 is 24.2 Å². The average molecular weight is 317 g/mol. The molecule has 0 spiro atoms. The van der Waals surface area contributed by atoms with E-state index in [1.54, 1.807) is 11.8 Å². The third-order valence-corrected chi connectivity index (χ3v) is 3.92. The van der Waals surface area contributed by atoms with Crippen LogP contribution in [0.25, 0.3) is 0 Å². The molecule has 0 aromatic carbocycles. The lowest BCUT2D eigenvalue weighted by molar-refractivity contribution is 0.605. The topological polar surface area (TPSA) is 74.6 Å². The zero-order valence-corrected chi connectivity index (χ0v) is 13.5. The molecule has 0 radical (unpaired) electrons. The van der Waals surface area contributed by atoms with Crippen molar-refractivity contribution in [3.8, 4) is 0 Å². The minimum atomic E-state index is 0. The summed E-state index contributed by atoms with van der Waals surface area (Å²) in [5, 5.41) is 13.5. The highest BCUT2D eigenvalue weighted by Gasteiger charge is 2.07. The molecule has 8 heteroatoms. The van der Waals surface area contributed by atoms with E-state index in [1.807, 2.05) is 22.5 Å². The first-order valence-electron chi connectivity index (χ1n) is 6.41. The Morgan fingerprint density at radius 3 is 2.80 bits per heavy atom. The fraction of sp³-hybridized carbons (Fsp3) is 0.583. The maximum atomic E-state index is 5.53. The summed E-state index contributed by atoms with van der Waals surface area (Å²) < 4.78 is 4.00. The third kappa shape index (κ3) is 4.50. The molecule has 2 aromatic rings. The van der Waals surface area contributed by atoms with Gasteiger partial charge in [0.15, 0.2) is 5.16 Å². The van der Waals surface area contributed by atoms with Gasteiger partial charge in [-0.3, -0.25) is 4.68 Å². The van der Waals surface area contributed by atoms with Crippen molar-refractivity contribution in [2.45, 2.75) is 31.5 Å². The quantitative estimate of drug-likeness (QED) is 0.618. The molecule has 6 nitrogen and oxygen atoms in total. The Morgan fingerprint density at radius 2 is 2.15 bits per heavy atom. The molecular formula is C12H21ClN6S. The van der Waals surface area contributed by atoms with Crippen LogP contribution in [0.4, 0.5) is 0 Å². The van der Waals surface area contributed by atoms with Gasteiger partial charge in [0, 0.05) is 32.0 Å². The monoisotopic (exact) mass is 316 g/mol. The smallest absolute Gasteiger partial charge is 0.190 e. The molecule has 0 aliphatic rings. The van der Waals surface area contributed by atoms with Crippen molar-refractivity contribution in [3.05, 3.63) is 23.8 Å². The van der Waals surface area contributed by atoms with Crippen LogP contribution in [0, 0.1) is 6.92 Å². The molecule has 0 aliphatic carbocycles. The summed E-state index contributed by atoms with van der Waals surface area (Å²) in [4.78, 5) is 0. The Morgan fingerprint density at radius 1 is 1.35 bits per heavy atom. The fourth-order valence-electron chi connectivity index (χ4n) is 1.80. The van der Waals surface area contributed by atoms with E-state index in [1.165, 1.54) is 5.56 Å². The molecule has 112 valence electrons. The van der Waals surface area contributed by atoms with Gasteiger partial charge in [-0.1, -0.05) is 11.8 Å². The zero-order valence-electron chi connectivity index (χ0n) is 11.8. The Labute approximate surface area is 129 Å². The van der Waals surface area contributed by atoms with Gasteiger partial charge >= 0.3 is 0 Å². The molecule has 2 rings (SSSR count). The molecule has 2 aromatic heterocycles. The van der Waals surface area contributed by atoms with Crippen LogP contribution >= 0.6 is 24.2 Å². The van der Waals surface area contributed by atoms with Gasteiger partial charge in [0.05, 0.1) is 6.20 Å². The second-order valence-corrected chi connectivity index (χ2v) is 5.54. The molecule has 0 bridgehead atoms. The second-order valence-electron chi connectivity index (χ2n) is 4.48. The van der Waals surface area contributed by atoms with Crippen LogP contribution in [0.2, 0.25) is 0 Å². The van der Waals surface area contributed by atoms with Crippen molar-refractivity contribution in [2.24, 2.45) is 12.8 Å². The maximum absolute atomic E-state index is 5.53. The Balaban J connectivity index is 0.00000200. The average Bonchev–Trinajstić information content (AvgIpc) is 2.95. The molecule has 0 unspecified atom stereocenters. The number of hydrogen-bond donors (Lipinski definition) is 1. The Bertz CT molecular complexity index is 524. The highest BCUT2D eigenvalue weighted by molar-refractivity contribution is 7.99. The van der Waals surface area contributed by atoms with E-state index in [9.17, 15) is 0 Å². The lowest BCUT2D eigenvalue weighted by atomic mass is 10.4. The highest BCUT2D eigenvalue weighted by Crippen LogP contribution is 2.16. The summed E-state index contributed by atoms with van der Waals surface area (Å²) in [7, 11) is 1.99. The summed E-state index contributed by atoms with van der Waals surface area (Å²) in [5.41, 5.74) is 6.73. The minimum Gasteiger partial charge on any atom is -0.330 e. The second kappa shape index (κ2) is 8.28. The first-order chi connectivity index (χ1) is 9.20. The number of nitrogens with two attached hydrogens (primary N) is 1.